The number of rotatable bonds is 4. The van der Waals surface area contributed by atoms with Gasteiger partial charge in [0.15, 0.2) is 5.16 Å². The maximum atomic E-state index is 13.5. The SMILES string of the molecule is Nc1cc(N)nc(SCc2ccc(C(=O)O)c(F)c2)n1. The van der Waals surface area contributed by atoms with Gasteiger partial charge in [-0.25, -0.2) is 19.2 Å². The van der Waals surface area contributed by atoms with Crippen LogP contribution in [0.2, 0.25) is 0 Å². The molecule has 20 heavy (non-hydrogen) atoms. The van der Waals surface area contributed by atoms with E-state index in [0.717, 1.165) is 0 Å². The van der Waals surface area contributed by atoms with Crippen LogP contribution < -0.4 is 11.5 Å². The van der Waals surface area contributed by atoms with Gasteiger partial charge in [-0.15, -0.1) is 0 Å². The molecule has 0 bridgehead atoms. The second-order valence-electron chi connectivity index (χ2n) is 3.91. The molecule has 2 aromatic rings. The van der Waals surface area contributed by atoms with Crippen molar-refractivity contribution >= 4 is 29.4 Å². The summed E-state index contributed by atoms with van der Waals surface area (Å²) in [6.45, 7) is 0. The summed E-state index contributed by atoms with van der Waals surface area (Å²) in [5.41, 5.74) is 11.3. The highest BCUT2D eigenvalue weighted by molar-refractivity contribution is 7.98. The van der Waals surface area contributed by atoms with E-state index in [4.69, 9.17) is 16.6 Å². The molecule has 0 saturated carbocycles. The molecular formula is C12H11FN4O2S. The van der Waals surface area contributed by atoms with Crippen molar-refractivity contribution in [2.75, 3.05) is 11.5 Å². The summed E-state index contributed by atoms with van der Waals surface area (Å²) in [5, 5.41) is 9.11. The van der Waals surface area contributed by atoms with Gasteiger partial charge < -0.3 is 16.6 Å². The first kappa shape index (κ1) is 14.1. The van der Waals surface area contributed by atoms with Gasteiger partial charge in [0, 0.05) is 11.8 Å². The molecule has 0 aliphatic rings. The highest BCUT2D eigenvalue weighted by Gasteiger charge is 2.11. The van der Waals surface area contributed by atoms with Crippen molar-refractivity contribution in [2.24, 2.45) is 0 Å². The van der Waals surface area contributed by atoms with E-state index in [-0.39, 0.29) is 17.2 Å². The van der Waals surface area contributed by atoms with Gasteiger partial charge in [0.25, 0.3) is 0 Å². The Bertz CT molecular complexity index is 646. The first-order chi connectivity index (χ1) is 9.45. The molecular weight excluding hydrogens is 283 g/mol. The molecule has 1 aromatic carbocycles. The van der Waals surface area contributed by atoms with Crippen LogP contribution in [-0.2, 0) is 5.75 Å². The molecule has 8 heteroatoms. The Labute approximate surface area is 118 Å². The van der Waals surface area contributed by atoms with E-state index >= 15 is 0 Å². The number of aromatic carboxylic acids is 1. The summed E-state index contributed by atoms with van der Waals surface area (Å²) < 4.78 is 13.5. The Morgan fingerprint density at radius 3 is 2.45 bits per heavy atom. The van der Waals surface area contributed by atoms with Crippen LogP contribution in [0, 0.1) is 5.82 Å². The van der Waals surface area contributed by atoms with Crippen LogP contribution in [0.3, 0.4) is 0 Å². The average molecular weight is 294 g/mol. The fourth-order valence-corrected chi connectivity index (χ4v) is 2.31. The molecule has 5 N–H and O–H groups in total. The molecule has 0 aliphatic heterocycles. The van der Waals surface area contributed by atoms with Gasteiger partial charge in [-0.1, -0.05) is 17.8 Å². The zero-order valence-corrected chi connectivity index (χ0v) is 11.0. The normalized spacial score (nSPS) is 10.4. The maximum Gasteiger partial charge on any atom is 0.338 e. The number of aromatic nitrogens is 2. The Morgan fingerprint density at radius 1 is 1.25 bits per heavy atom. The van der Waals surface area contributed by atoms with Gasteiger partial charge in [0.1, 0.15) is 17.5 Å². The molecule has 0 atom stereocenters. The number of hydrogen-bond donors (Lipinski definition) is 3. The predicted molar refractivity (Wildman–Crippen MR) is 73.8 cm³/mol. The standard InChI is InChI=1S/C12H11FN4O2S/c13-8-3-6(1-2-7(8)11(18)19)5-20-12-16-9(14)4-10(15)17-12/h1-4H,5H2,(H,18,19)(H4,14,15,16,17). The van der Waals surface area contributed by atoms with Crippen molar-refractivity contribution in [3.05, 3.63) is 41.2 Å². The third kappa shape index (κ3) is 3.35. The van der Waals surface area contributed by atoms with Gasteiger partial charge >= 0.3 is 5.97 Å². The van der Waals surface area contributed by atoms with Crippen molar-refractivity contribution in [1.29, 1.82) is 0 Å². The van der Waals surface area contributed by atoms with Gasteiger partial charge in [-0.3, -0.25) is 0 Å². The number of carboxylic acid groups (broad SMARTS) is 1. The van der Waals surface area contributed by atoms with E-state index in [2.05, 4.69) is 9.97 Å². The number of nitrogens with two attached hydrogens (primary N) is 2. The second kappa shape index (κ2) is 5.74. The Kier molecular flexibility index (Phi) is 4.04. The number of anilines is 2. The fourth-order valence-electron chi connectivity index (χ4n) is 1.50. The zero-order chi connectivity index (χ0) is 14.7. The largest absolute Gasteiger partial charge is 0.478 e. The number of carboxylic acids is 1. The second-order valence-corrected chi connectivity index (χ2v) is 4.85. The van der Waals surface area contributed by atoms with Crippen LogP contribution in [0.15, 0.2) is 29.4 Å². The van der Waals surface area contributed by atoms with Crippen molar-refractivity contribution in [3.8, 4) is 0 Å². The summed E-state index contributed by atoms with van der Waals surface area (Å²) in [4.78, 5) is 18.7. The van der Waals surface area contributed by atoms with Crippen molar-refractivity contribution < 1.29 is 14.3 Å². The fraction of sp³-hybridized carbons (Fsp3) is 0.0833. The van der Waals surface area contributed by atoms with Gasteiger partial charge in [-0.05, 0) is 17.7 Å². The van der Waals surface area contributed by atoms with E-state index in [1.807, 2.05) is 0 Å². The number of hydrogen-bond acceptors (Lipinski definition) is 6. The topological polar surface area (TPSA) is 115 Å². The number of nitrogen functional groups attached to an aromatic ring is 2. The van der Waals surface area contributed by atoms with Gasteiger partial charge in [0.05, 0.1) is 5.56 Å². The van der Waals surface area contributed by atoms with Crippen LogP contribution in [-0.4, -0.2) is 21.0 Å². The molecule has 104 valence electrons. The Morgan fingerprint density at radius 2 is 1.90 bits per heavy atom. The van der Waals surface area contributed by atoms with Crippen LogP contribution >= 0.6 is 11.8 Å². The van der Waals surface area contributed by atoms with E-state index in [9.17, 15) is 9.18 Å². The van der Waals surface area contributed by atoms with E-state index in [1.54, 1.807) is 0 Å². The molecule has 0 aliphatic carbocycles. The minimum atomic E-state index is -1.30. The minimum absolute atomic E-state index is 0.257. The van der Waals surface area contributed by atoms with E-state index in [1.165, 1.54) is 36.0 Å². The van der Waals surface area contributed by atoms with Gasteiger partial charge in [-0.2, -0.15) is 0 Å². The lowest BCUT2D eigenvalue weighted by Crippen LogP contribution is -2.01. The lowest BCUT2D eigenvalue weighted by atomic mass is 10.1. The monoisotopic (exact) mass is 294 g/mol. The van der Waals surface area contributed by atoms with Crippen LogP contribution in [0.25, 0.3) is 0 Å². The lowest BCUT2D eigenvalue weighted by molar-refractivity contribution is 0.0692. The predicted octanol–water partition coefficient (Wildman–Crippen LogP) is 1.77. The Balaban J connectivity index is 2.11. The Hall–Kier alpha value is -2.35. The zero-order valence-electron chi connectivity index (χ0n) is 10.2. The maximum absolute atomic E-state index is 13.5. The number of benzene rings is 1. The number of thioether (sulfide) groups is 1. The van der Waals surface area contributed by atoms with Crippen molar-refractivity contribution in [1.82, 2.24) is 9.97 Å². The van der Waals surface area contributed by atoms with Crippen molar-refractivity contribution in [3.63, 3.8) is 0 Å². The molecule has 0 spiro atoms. The summed E-state index contributed by atoms with van der Waals surface area (Å²) in [7, 11) is 0. The lowest BCUT2D eigenvalue weighted by Gasteiger charge is -2.04. The van der Waals surface area contributed by atoms with Crippen molar-refractivity contribution in [2.45, 2.75) is 10.9 Å². The molecule has 2 rings (SSSR count). The third-order valence-electron chi connectivity index (χ3n) is 2.38. The molecule has 1 heterocycles. The summed E-state index contributed by atoms with van der Waals surface area (Å²) in [6, 6.07) is 5.37. The van der Waals surface area contributed by atoms with E-state index < -0.39 is 11.8 Å². The number of halogens is 1. The van der Waals surface area contributed by atoms with Gasteiger partial charge in [0.2, 0.25) is 0 Å². The average Bonchev–Trinajstić information content (AvgIpc) is 2.35. The van der Waals surface area contributed by atoms with Crippen LogP contribution in [0.5, 0.6) is 0 Å². The first-order valence-electron chi connectivity index (χ1n) is 5.50. The molecule has 1 aromatic heterocycles. The van der Waals surface area contributed by atoms with Crippen LogP contribution in [0.4, 0.5) is 16.0 Å². The first-order valence-corrected chi connectivity index (χ1v) is 6.49. The molecule has 0 saturated heterocycles. The smallest absolute Gasteiger partial charge is 0.338 e. The summed E-state index contributed by atoms with van der Waals surface area (Å²) in [5.74, 6) is -1.18. The number of carbonyl (C=O) groups is 1. The number of nitrogens with zero attached hydrogens (tertiary/aromatic N) is 2. The summed E-state index contributed by atoms with van der Waals surface area (Å²) >= 11 is 1.23. The van der Waals surface area contributed by atoms with E-state index in [0.29, 0.717) is 16.5 Å². The molecule has 6 nitrogen and oxygen atoms in total. The molecule has 0 fully saturated rings. The molecule has 0 unspecified atom stereocenters. The van der Waals surface area contributed by atoms with Crippen LogP contribution in [0.1, 0.15) is 15.9 Å². The molecule has 0 amide bonds. The quantitative estimate of drug-likeness (QED) is 0.581. The highest BCUT2D eigenvalue weighted by Crippen LogP contribution is 2.22. The highest BCUT2D eigenvalue weighted by atomic mass is 32.2. The molecule has 0 radical (unpaired) electrons. The minimum Gasteiger partial charge on any atom is -0.478 e. The third-order valence-corrected chi connectivity index (χ3v) is 3.30. The summed E-state index contributed by atoms with van der Waals surface area (Å²) in [6.07, 6.45) is 0.